The normalized spacial score (nSPS) is 20.8. The van der Waals surface area contributed by atoms with Crippen molar-refractivity contribution < 1.29 is 5.11 Å². The van der Waals surface area contributed by atoms with Crippen LogP contribution in [0.3, 0.4) is 0 Å². The Labute approximate surface area is 84.8 Å². The number of aryl methyl sites for hydroxylation is 1. The number of hydrogen-bond donors (Lipinski definition) is 1. The van der Waals surface area contributed by atoms with Crippen LogP contribution in [0.25, 0.3) is 0 Å². The van der Waals surface area contributed by atoms with Crippen molar-refractivity contribution in [1.29, 1.82) is 0 Å². The van der Waals surface area contributed by atoms with Crippen molar-refractivity contribution in [3.8, 4) is 0 Å². The van der Waals surface area contributed by atoms with E-state index in [4.69, 9.17) is 0 Å². The molecule has 0 bridgehead atoms. The van der Waals surface area contributed by atoms with E-state index in [1.807, 2.05) is 17.8 Å². The molecule has 0 aliphatic heterocycles. The van der Waals surface area contributed by atoms with Crippen LogP contribution in [0.4, 0.5) is 0 Å². The van der Waals surface area contributed by atoms with E-state index in [9.17, 15) is 5.11 Å². The number of aromatic nitrogens is 2. The van der Waals surface area contributed by atoms with Crippen LogP contribution < -0.4 is 0 Å². The van der Waals surface area contributed by atoms with Gasteiger partial charge in [0.05, 0.1) is 5.60 Å². The second-order valence-electron chi connectivity index (χ2n) is 4.36. The van der Waals surface area contributed by atoms with Crippen LogP contribution in [-0.4, -0.2) is 20.3 Å². The molecule has 14 heavy (non-hydrogen) atoms. The van der Waals surface area contributed by atoms with Gasteiger partial charge in [-0.3, -0.25) is 0 Å². The van der Waals surface area contributed by atoms with E-state index in [0.29, 0.717) is 12.3 Å². The maximum absolute atomic E-state index is 10.4. The first-order valence-corrected chi connectivity index (χ1v) is 5.34. The molecule has 1 aromatic heterocycles. The quantitative estimate of drug-likeness (QED) is 0.789. The summed E-state index contributed by atoms with van der Waals surface area (Å²) in [5.74, 6) is 1.49. The molecule has 1 N–H and O–H groups in total. The molecule has 1 aliphatic rings. The molecule has 1 saturated carbocycles. The van der Waals surface area contributed by atoms with Crippen LogP contribution >= 0.6 is 0 Å². The zero-order chi connectivity index (χ0) is 10.2. The van der Waals surface area contributed by atoms with E-state index in [1.165, 1.54) is 12.8 Å². The van der Waals surface area contributed by atoms with Crippen LogP contribution in [0.5, 0.6) is 0 Å². The van der Waals surface area contributed by atoms with E-state index >= 15 is 0 Å². The van der Waals surface area contributed by atoms with Crippen molar-refractivity contribution in [3.63, 3.8) is 0 Å². The van der Waals surface area contributed by atoms with Gasteiger partial charge in [0, 0.05) is 25.9 Å². The molecule has 0 aromatic carbocycles. The lowest BCUT2D eigenvalue weighted by molar-refractivity contribution is 0.0115. The summed E-state index contributed by atoms with van der Waals surface area (Å²) >= 11 is 0. The molecule has 3 nitrogen and oxygen atoms in total. The monoisotopic (exact) mass is 194 g/mol. The Morgan fingerprint density at radius 2 is 2.36 bits per heavy atom. The molecule has 0 radical (unpaired) electrons. The standard InChI is InChI=1S/C11H18N2O/c1-3-11(14,9-4-5-9)8-10-12-6-7-13(10)2/h6-7,9,14H,3-5,8H2,1-2H3. The summed E-state index contributed by atoms with van der Waals surface area (Å²) in [7, 11) is 1.98. The molecule has 0 saturated heterocycles. The third-order valence-electron chi connectivity index (χ3n) is 3.33. The Bertz CT molecular complexity index is 317. The minimum atomic E-state index is -0.515. The van der Waals surface area contributed by atoms with Crippen LogP contribution in [0.15, 0.2) is 12.4 Å². The van der Waals surface area contributed by atoms with Crippen LogP contribution in [-0.2, 0) is 13.5 Å². The first kappa shape index (κ1) is 9.71. The van der Waals surface area contributed by atoms with Gasteiger partial charge in [0.25, 0.3) is 0 Å². The molecule has 3 heteroatoms. The Hall–Kier alpha value is -0.830. The van der Waals surface area contributed by atoms with Gasteiger partial charge >= 0.3 is 0 Å². The fourth-order valence-corrected chi connectivity index (χ4v) is 2.02. The average Bonchev–Trinajstić information content (AvgIpc) is 2.95. The van der Waals surface area contributed by atoms with E-state index in [1.54, 1.807) is 6.20 Å². The molecular formula is C11H18N2O. The predicted molar refractivity (Wildman–Crippen MR) is 54.9 cm³/mol. The molecule has 1 heterocycles. The minimum Gasteiger partial charge on any atom is -0.389 e. The molecule has 78 valence electrons. The van der Waals surface area contributed by atoms with Gasteiger partial charge < -0.3 is 9.67 Å². The van der Waals surface area contributed by atoms with E-state index in [2.05, 4.69) is 11.9 Å². The van der Waals surface area contributed by atoms with Crippen LogP contribution in [0, 0.1) is 5.92 Å². The van der Waals surface area contributed by atoms with Crippen molar-refractivity contribution >= 4 is 0 Å². The molecule has 1 atom stereocenters. The zero-order valence-electron chi connectivity index (χ0n) is 8.90. The third-order valence-corrected chi connectivity index (χ3v) is 3.33. The molecule has 0 spiro atoms. The second-order valence-corrected chi connectivity index (χ2v) is 4.36. The highest BCUT2D eigenvalue weighted by Crippen LogP contribution is 2.42. The summed E-state index contributed by atoms with van der Waals surface area (Å²) in [5, 5.41) is 10.4. The van der Waals surface area contributed by atoms with E-state index in [0.717, 1.165) is 12.2 Å². The van der Waals surface area contributed by atoms with Gasteiger partial charge in [0.1, 0.15) is 5.82 Å². The smallest absolute Gasteiger partial charge is 0.111 e. The van der Waals surface area contributed by atoms with Crippen molar-refractivity contribution in [1.82, 2.24) is 9.55 Å². The number of imidazole rings is 1. The topological polar surface area (TPSA) is 38.1 Å². The highest BCUT2D eigenvalue weighted by atomic mass is 16.3. The van der Waals surface area contributed by atoms with Gasteiger partial charge in [-0.2, -0.15) is 0 Å². The van der Waals surface area contributed by atoms with Gasteiger partial charge in [-0.15, -0.1) is 0 Å². The summed E-state index contributed by atoms with van der Waals surface area (Å²) in [6.07, 6.45) is 7.59. The van der Waals surface area contributed by atoms with Gasteiger partial charge in [-0.05, 0) is 25.2 Å². The Morgan fingerprint density at radius 1 is 1.64 bits per heavy atom. The van der Waals surface area contributed by atoms with Gasteiger partial charge in [0.2, 0.25) is 0 Å². The number of nitrogens with zero attached hydrogens (tertiary/aromatic N) is 2. The lowest BCUT2D eigenvalue weighted by atomic mass is 9.90. The molecule has 1 unspecified atom stereocenters. The third kappa shape index (κ3) is 1.69. The van der Waals surface area contributed by atoms with Gasteiger partial charge in [-0.25, -0.2) is 4.98 Å². The van der Waals surface area contributed by atoms with Gasteiger partial charge in [0.15, 0.2) is 0 Å². The summed E-state index contributed by atoms with van der Waals surface area (Å²) in [4.78, 5) is 4.26. The molecule has 1 aromatic rings. The zero-order valence-corrected chi connectivity index (χ0v) is 8.90. The van der Waals surface area contributed by atoms with Crippen LogP contribution in [0.2, 0.25) is 0 Å². The highest BCUT2D eigenvalue weighted by molar-refractivity contribution is 5.03. The first-order chi connectivity index (χ1) is 6.65. The molecular weight excluding hydrogens is 176 g/mol. The van der Waals surface area contributed by atoms with Crippen molar-refractivity contribution in [3.05, 3.63) is 18.2 Å². The second kappa shape index (κ2) is 3.39. The van der Waals surface area contributed by atoms with E-state index in [-0.39, 0.29) is 0 Å². The number of aliphatic hydroxyl groups is 1. The summed E-state index contributed by atoms with van der Waals surface area (Å²) in [5.41, 5.74) is -0.515. The molecule has 2 rings (SSSR count). The maximum Gasteiger partial charge on any atom is 0.111 e. The highest BCUT2D eigenvalue weighted by Gasteiger charge is 2.42. The summed E-state index contributed by atoms with van der Waals surface area (Å²) in [6.45, 7) is 2.06. The maximum atomic E-state index is 10.4. The molecule has 0 amide bonds. The first-order valence-electron chi connectivity index (χ1n) is 5.34. The number of rotatable bonds is 4. The van der Waals surface area contributed by atoms with Crippen molar-refractivity contribution in [2.24, 2.45) is 13.0 Å². The minimum absolute atomic E-state index is 0.504. The Morgan fingerprint density at radius 3 is 2.79 bits per heavy atom. The number of hydrogen-bond acceptors (Lipinski definition) is 2. The Kier molecular flexibility index (Phi) is 2.35. The SMILES string of the molecule is CCC(O)(Cc1nccn1C)C1CC1. The van der Waals surface area contributed by atoms with Crippen LogP contribution in [0.1, 0.15) is 32.0 Å². The Balaban J connectivity index is 2.11. The fraction of sp³-hybridized carbons (Fsp3) is 0.727. The fourth-order valence-electron chi connectivity index (χ4n) is 2.02. The van der Waals surface area contributed by atoms with Gasteiger partial charge in [-0.1, -0.05) is 6.92 Å². The van der Waals surface area contributed by atoms with Crippen molar-refractivity contribution in [2.75, 3.05) is 0 Å². The lowest BCUT2D eigenvalue weighted by Crippen LogP contribution is -2.34. The largest absolute Gasteiger partial charge is 0.389 e. The summed E-state index contributed by atoms with van der Waals surface area (Å²) in [6, 6.07) is 0. The molecule has 1 aliphatic carbocycles. The van der Waals surface area contributed by atoms with E-state index < -0.39 is 5.60 Å². The molecule has 1 fully saturated rings. The average molecular weight is 194 g/mol. The van der Waals surface area contributed by atoms with Crippen molar-refractivity contribution in [2.45, 2.75) is 38.2 Å². The predicted octanol–water partition coefficient (Wildman–Crippen LogP) is 1.51. The summed E-state index contributed by atoms with van der Waals surface area (Å²) < 4.78 is 1.99. The lowest BCUT2D eigenvalue weighted by Gasteiger charge is -2.26.